The number of thioether (sulfide) groups is 1. The molecule has 1 aliphatic heterocycles. The Morgan fingerprint density at radius 3 is 2.55 bits per heavy atom. The van der Waals surface area contributed by atoms with E-state index in [1.54, 1.807) is 42.5 Å². The number of benzene rings is 2. The van der Waals surface area contributed by atoms with Crippen LogP contribution >= 0.6 is 47.3 Å². The molecule has 1 saturated heterocycles. The van der Waals surface area contributed by atoms with Gasteiger partial charge in [0.2, 0.25) is 0 Å². The Bertz CT molecular complexity index is 1630. The van der Waals surface area contributed by atoms with E-state index in [1.165, 1.54) is 27.9 Å². The molecule has 3 heterocycles. The summed E-state index contributed by atoms with van der Waals surface area (Å²) in [5, 5.41) is 1.13. The van der Waals surface area contributed by atoms with Crippen molar-refractivity contribution in [3.05, 3.63) is 104 Å². The quantitative estimate of drug-likeness (QED) is 0.145. The van der Waals surface area contributed by atoms with Gasteiger partial charge in [0.25, 0.3) is 11.5 Å². The molecule has 0 N–H and O–H groups in total. The standard InChI is InChI=1S/C28H22ClN3O3S3/c1-17-4-3-14-31-24(17)30-25(37-21-11-7-19(29)8-12-21)22(26(31)33)16-23-27(34)32(28(36)38-23)15-13-18-5-9-20(35-2)10-6-18/h3-12,14,16H,13,15H2,1-2H3. The van der Waals surface area contributed by atoms with E-state index in [2.05, 4.69) is 0 Å². The summed E-state index contributed by atoms with van der Waals surface area (Å²) in [5.74, 6) is 0.560. The number of halogens is 1. The SMILES string of the molecule is COc1ccc(CCN2C(=O)C(=Cc3c(Sc4ccc(Cl)cc4)nc4c(C)cccn4c3=O)SC2=S)cc1. The van der Waals surface area contributed by atoms with Crippen LogP contribution in [0.3, 0.4) is 0 Å². The Morgan fingerprint density at radius 1 is 1.11 bits per heavy atom. The minimum Gasteiger partial charge on any atom is -0.497 e. The van der Waals surface area contributed by atoms with Crippen LogP contribution in [0, 0.1) is 6.92 Å². The second kappa shape index (κ2) is 11.3. The number of aryl methyl sites for hydroxylation is 1. The molecular weight excluding hydrogens is 558 g/mol. The molecular formula is C28H22ClN3O3S3. The van der Waals surface area contributed by atoms with Crippen LogP contribution in [0.1, 0.15) is 16.7 Å². The zero-order valence-corrected chi connectivity index (χ0v) is 23.7. The van der Waals surface area contributed by atoms with Crippen LogP contribution in [0.25, 0.3) is 11.7 Å². The van der Waals surface area contributed by atoms with Gasteiger partial charge in [-0.15, -0.1) is 0 Å². The van der Waals surface area contributed by atoms with Crippen LogP contribution in [0.2, 0.25) is 5.02 Å². The van der Waals surface area contributed by atoms with E-state index in [9.17, 15) is 9.59 Å². The Hall–Kier alpha value is -3.11. The zero-order chi connectivity index (χ0) is 26.8. The van der Waals surface area contributed by atoms with Crippen molar-refractivity contribution >= 4 is 69.3 Å². The number of rotatable bonds is 7. The van der Waals surface area contributed by atoms with Crippen LogP contribution in [-0.4, -0.2) is 38.2 Å². The fraction of sp³-hybridized carbons (Fsp3) is 0.143. The molecule has 5 rings (SSSR count). The van der Waals surface area contributed by atoms with Gasteiger partial charge in [-0.25, -0.2) is 4.98 Å². The van der Waals surface area contributed by atoms with Crippen LogP contribution in [0.4, 0.5) is 0 Å². The largest absolute Gasteiger partial charge is 0.497 e. The molecule has 2 aromatic carbocycles. The van der Waals surface area contributed by atoms with Gasteiger partial charge in [0.15, 0.2) is 0 Å². The van der Waals surface area contributed by atoms with Crippen molar-refractivity contribution in [1.29, 1.82) is 0 Å². The average molecular weight is 580 g/mol. The predicted octanol–water partition coefficient (Wildman–Crippen LogP) is 6.26. The Morgan fingerprint density at radius 2 is 1.84 bits per heavy atom. The number of pyridine rings is 1. The van der Waals surface area contributed by atoms with Crippen molar-refractivity contribution < 1.29 is 9.53 Å². The highest BCUT2D eigenvalue weighted by atomic mass is 35.5. The maximum atomic E-state index is 13.6. The summed E-state index contributed by atoms with van der Waals surface area (Å²) in [6.07, 6.45) is 3.95. The Kier molecular flexibility index (Phi) is 7.90. The van der Waals surface area contributed by atoms with Crippen LogP contribution in [-0.2, 0) is 11.2 Å². The maximum absolute atomic E-state index is 13.6. The highest BCUT2D eigenvalue weighted by Gasteiger charge is 2.32. The molecule has 1 fully saturated rings. The molecule has 0 radical (unpaired) electrons. The first-order chi connectivity index (χ1) is 18.3. The molecule has 38 heavy (non-hydrogen) atoms. The van der Waals surface area contributed by atoms with Gasteiger partial charge in [-0.05, 0) is 73.0 Å². The van der Waals surface area contributed by atoms with Gasteiger partial charge in [-0.1, -0.05) is 65.5 Å². The molecule has 2 aromatic heterocycles. The van der Waals surface area contributed by atoms with Gasteiger partial charge < -0.3 is 4.74 Å². The third kappa shape index (κ3) is 5.51. The molecule has 0 bridgehead atoms. The lowest BCUT2D eigenvalue weighted by molar-refractivity contribution is -0.122. The third-order valence-corrected chi connectivity index (χ3v) is 8.65. The minimum absolute atomic E-state index is 0.218. The molecule has 0 saturated carbocycles. The molecule has 0 spiro atoms. The Labute approximate surface area is 238 Å². The number of hydrogen-bond donors (Lipinski definition) is 0. The summed E-state index contributed by atoms with van der Waals surface area (Å²) in [5.41, 5.74) is 2.59. The molecule has 0 aliphatic carbocycles. The van der Waals surface area contributed by atoms with Gasteiger partial charge in [0.05, 0.1) is 17.6 Å². The lowest BCUT2D eigenvalue weighted by atomic mass is 10.1. The van der Waals surface area contributed by atoms with Gasteiger partial charge >= 0.3 is 0 Å². The lowest BCUT2D eigenvalue weighted by Crippen LogP contribution is -2.30. The average Bonchev–Trinajstić information content (AvgIpc) is 3.19. The number of aromatic nitrogens is 2. The number of fused-ring (bicyclic) bond motifs is 1. The van der Waals surface area contributed by atoms with E-state index in [0.29, 0.717) is 43.5 Å². The van der Waals surface area contributed by atoms with Crippen molar-refractivity contribution in [2.75, 3.05) is 13.7 Å². The highest BCUT2D eigenvalue weighted by molar-refractivity contribution is 8.26. The summed E-state index contributed by atoms with van der Waals surface area (Å²) in [7, 11) is 1.62. The highest BCUT2D eigenvalue weighted by Crippen LogP contribution is 2.35. The van der Waals surface area contributed by atoms with E-state index < -0.39 is 0 Å². The first kappa shape index (κ1) is 26.5. The number of hydrogen-bond acceptors (Lipinski definition) is 7. The lowest BCUT2D eigenvalue weighted by Gasteiger charge is -2.14. The number of amides is 1. The van der Waals surface area contributed by atoms with E-state index in [1.807, 2.05) is 49.4 Å². The Balaban J connectivity index is 1.48. The second-order valence-electron chi connectivity index (χ2n) is 8.51. The fourth-order valence-corrected chi connectivity index (χ4v) is 6.26. The topological polar surface area (TPSA) is 63.9 Å². The summed E-state index contributed by atoms with van der Waals surface area (Å²) in [4.78, 5) is 34.7. The van der Waals surface area contributed by atoms with Gasteiger partial charge in [0, 0.05) is 22.7 Å². The smallest absolute Gasteiger partial charge is 0.266 e. The summed E-state index contributed by atoms with van der Waals surface area (Å²) < 4.78 is 7.19. The van der Waals surface area contributed by atoms with Crippen molar-refractivity contribution in [2.45, 2.75) is 23.3 Å². The fourth-order valence-electron chi connectivity index (χ4n) is 3.96. The van der Waals surface area contributed by atoms with Gasteiger partial charge in [0.1, 0.15) is 20.7 Å². The van der Waals surface area contributed by atoms with Gasteiger partial charge in [-0.2, -0.15) is 0 Å². The van der Waals surface area contributed by atoms with Crippen molar-refractivity contribution in [3.63, 3.8) is 0 Å². The summed E-state index contributed by atoms with van der Waals surface area (Å²) in [6, 6.07) is 18.8. The molecule has 4 aromatic rings. The number of ether oxygens (including phenoxy) is 1. The molecule has 192 valence electrons. The molecule has 6 nitrogen and oxygen atoms in total. The van der Waals surface area contributed by atoms with E-state index >= 15 is 0 Å². The first-order valence-corrected chi connectivity index (χ1v) is 14.1. The van der Waals surface area contributed by atoms with E-state index in [4.69, 9.17) is 33.5 Å². The predicted molar refractivity (Wildman–Crippen MR) is 158 cm³/mol. The van der Waals surface area contributed by atoms with E-state index in [-0.39, 0.29) is 11.5 Å². The third-order valence-electron chi connectivity index (χ3n) is 6.01. The zero-order valence-electron chi connectivity index (χ0n) is 20.5. The summed E-state index contributed by atoms with van der Waals surface area (Å²) >= 11 is 14.1. The molecule has 0 unspecified atom stereocenters. The van der Waals surface area contributed by atoms with Crippen molar-refractivity contribution in [1.82, 2.24) is 14.3 Å². The number of carbonyl (C=O) groups is 1. The molecule has 10 heteroatoms. The maximum Gasteiger partial charge on any atom is 0.266 e. The number of carbonyl (C=O) groups excluding carboxylic acids is 1. The van der Waals surface area contributed by atoms with Crippen molar-refractivity contribution in [2.24, 2.45) is 0 Å². The monoisotopic (exact) mass is 579 g/mol. The second-order valence-corrected chi connectivity index (χ2v) is 11.7. The minimum atomic E-state index is -0.251. The molecule has 0 atom stereocenters. The van der Waals surface area contributed by atoms with Crippen LogP contribution < -0.4 is 10.3 Å². The van der Waals surface area contributed by atoms with Crippen LogP contribution in [0.15, 0.2) is 86.5 Å². The normalized spacial score (nSPS) is 14.6. The molecule has 1 amide bonds. The van der Waals surface area contributed by atoms with Crippen LogP contribution in [0.5, 0.6) is 5.75 Å². The van der Waals surface area contributed by atoms with Crippen molar-refractivity contribution in [3.8, 4) is 5.75 Å². The number of methoxy groups -OCH3 is 1. The molecule has 1 aliphatic rings. The van der Waals surface area contributed by atoms with E-state index in [0.717, 1.165) is 21.8 Å². The number of thiocarbonyl (C=S) groups is 1. The number of nitrogens with zero attached hydrogens (tertiary/aromatic N) is 3. The first-order valence-electron chi connectivity index (χ1n) is 11.7. The summed E-state index contributed by atoms with van der Waals surface area (Å²) in [6.45, 7) is 2.35. The van der Waals surface area contributed by atoms with Gasteiger partial charge in [-0.3, -0.25) is 18.9 Å².